The number of halogens is 4. The first kappa shape index (κ1) is 36.9. The molecule has 0 saturated carbocycles. The van der Waals surface area contributed by atoms with Gasteiger partial charge in [-0.05, 0) is 0 Å². The first-order valence-electron chi connectivity index (χ1n) is 1.90. The molecule has 0 spiro atoms. The van der Waals surface area contributed by atoms with E-state index in [2.05, 4.69) is 0 Å². The summed E-state index contributed by atoms with van der Waals surface area (Å²) in [6.45, 7) is 0. The molecule has 3 N–H and O–H groups in total. The zero-order chi connectivity index (χ0) is 14.3. The molecule has 0 aromatic carbocycles. The number of hydrogen-bond donors (Lipinski definition) is 3. The zero-order valence-electron chi connectivity index (χ0n) is 8.23. The van der Waals surface area contributed by atoms with Gasteiger partial charge in [-0.2, -0.15) is 0 Å². The molecule has 0 aliphatic rings. The van der Waals surface area contributed by atoms with E-state index in [4.69, 9.17) is 55.9 Å². The summed E-state index contributed by atoms with van der Waals surface area (Å²) in [6, 6.07) is 0. The first-order chi connectivity index (χ1) is 6.93. The van der Waals surface area contributed by atoms with Gasteiger partial charge in [-0.25, -0.2) is 0 Å². The maximum atomic E-state index is 8.52. The van der Waals surface area contributed by atoms with Crippen LogP contribution in [0.25, 0.3) is 0 Å². The average molecular weight is 438 g/mol. The van der Waals surface area contributed by atoms with E-state index in [1.807, 2.05) is 0 Å². The summed E-state index contributed by atoms with van der Waals surface area (Å²) < 4.78 is 97.1. The third-order valence-corrected chi connectivity index (χ3v) is 0. The average Bonchev–Trinajstić information content (AvgIpc) is 1.76. The summed E-state index contributed by atoms with van der Waals surface area (Å²) in [6.07, 6.45) is 0. The Labute approximate surface area is 145 Å². The Morgan fingerprint density at radius 1 is 0.500 bits per heavy atom. The summed E-state index contributed by atoms with van der Waals surface area (Å²) in [5.74, 6) is 0. The van der Waals surface area contributed by atoms with Crippen molar-refractivity contribution in [3.63, 3.8) is 0 Å². The minimum atomic E-state index is -2.85. The van der Waals surface area contributed by atoms with Crippen LogP contribution in [0.3, 0.4) is 0 Å². The molecular formula is H6AsCl4NaO12. The van der Waals surface area contributed by atoms with Crippen LogP contribution in [-0.2, 0) is 0 Å². The Morgan fingerprint density at radius 3 is 0.500 bits per heavy atom. The van der Waals surface area contributed by atoms with Crippen molar-refractivity contribution in [3.05, 3.63) is 0 Å². The maximum absolute atomic E-state index is 8.52. The van der Waals surface area contributed by atoms with Crippen molar-refractivity contribution in [1.82, 2.24) is 0 Å². The predicted molar refractivity (Wildman–Crippen MR) is 16.6 cm³/mol. The van der Waals surface area contributed by atoms with Gasteiger partial charge in [0.1, 0.15) is 0 Å². The van der Waals surface area contributed by atoms with Gasteiger partial charge in [-0.3, -0.25) is 0 Å². The summed E-state index contributed by atoms with van der Waals surface area (Å²) in [5.41, 5.74) is 0. The van der Waals surface area contributed by atoms with Crippen LogP contribution in [-0.4, -0.2) is 31.9 Å². The quantitative estimate of drug-likeness (QED) is 0.298. The van der Waals surface area contributed by atoms with Crippen LogP contribution in [0.1, 0.15) is 0 Å². The molecule has 0 radical (unpaired) electrons. The SMILES string of the molecule is [AsH3].[Na+].[O-][Cl+2]([O-])O.[O-][Cl+2]([O-])O.[O-][Cl+2]([O-])O.[O-][Cl+2]([O-])[O-]. The van der Waals surface area contributed by atoms with Crippen molar-refractivity contribution in [1.29, 1.82) is 0 Å². The largest absolute Gasteiger partial charge is 1.00 e. The molecule has 0 saturated heterocycles. The van der Waals surface area contributed by atoms with Crippen molar-refractivity contribution in [2.45, 2.75) is 0 Å². The second kappa shape index (κ2) is 31.6. The van der Waals surface area contributed by atoms with Crippen LogP contribution in [0.15, 0.2) is 0 Å². The minimum absolute atomic E-state index is 0. The molecule has 0 bridgehead atoms. The third kappa shape index (κ3) is 1080. The molecule has 18 heteroatoms. The topological polar surface area (TPSA) is 268 Å². The Balaban J connectivity index is -0.0000000257. The summed E-state index contributed by atoms with van der Waals surface area (Å²) >= 11 is 0. The molecule has 0 fully saturated rings. The second-order valence-electron chi connectivity index (χ2n) is 0.792. The molecule has 18 heavy (non-hydrogen) atoms. The summed E-state index contributed by atoms with van der Waals surface area (Å²) in [7, 11) is -10.7. The minimum Gasteiger partial charge on any atom is -0.357 e. The van der Waals surface area contributed by atoms with Crippen LogP contribution in [0.2, 0.25) is 0 Å². The van der Waals surface area contributed by atoms with E-state index >= 15 is 0 Å². The third-order valence-electron chi connectivity index (χ3n) is 0. The van der Waals surface area contributed by atoms with Crippen LogP contribution < -0.4 is 71.5 Å². The van der Waals surface area contributed by atoms with E-state index in [9.17, 15) is 0 Å². The zero-order valence-corrected chi connectivity index (χ0v) is 16.2. The fourth-order valence-electron chi connectivity index (χ4n) is 0. The van der Waals surface area contributed by atoms with Gasteiger partial charge in [-0.1, -0.05) is 0 Å². The summed E-state index contributed by atoms with van der Waals surface area (Å²) in [5, 5.41) is 0. The fourth-order valence-corrected chi connectivity index (χ4v) is 0. The molecule has 0 aromatic rings. The molecule has 0 amide bonds. The molecule has 0 aromatic heterocycles. The first-order valence-corrected chi connectivity index (χ1v) is 5.69. The Kier molecular flexibility index (Phi) is 64.8. The van der Waals surface area contributed by atoms with Crippen LogP contribution in [0.4, 0.5) is 0 Å². The van der Waals surface area contributed by atoms with Crippen molar-refractivity contribution in [3.8, 4) is 0 Å². The predicted octanol–water partition coefficient (Wildman–Crippen LogP) is -16.6. The van der Waals surface area contributed by atoms with Gasteiger partial charge >= 0.3 is 47.5 Å². The summed E-state index contributed by atoms with van der Waals surface area (Å²) in [4.78, 5) is 0. The van der Waals surface area contributed by atoms with Gasteiger partial charge in [0, 0.05) is 14.0 Å². The maximum Gasteiger partial charge on any atom is 1.00 e. The van der Waals surface area contributed by atoms with Gasteiger partial charge in [0.05, 0.1) is 10.8 Å². The normalized spacial score (nSPS) is 8.00. The number of hydrogen-bond acceptors (Lipinski definition) is 12. The van der Waals surface area contributed by atoms with Gasteiger partial charge in [0.15, 0.2) is 0 Å². The molecule has 1 unspecified atom stereocenters. The Morgan fingerprint density at radius 2 is 0.500 bits per heavy atom. The van der Waals surface area contributed by atoms with Gasteiger partial charge in [0.2, 0.25) is 0 Å². The van der Waals surface area contributed by atoms with Crippen molar-refractivity contribution < 1.29 is 129 Å². The van der Waals surface area contributed by atoms with Gasteiger partial charge in [-0.15, -0.1) is 0 Å². The molecule has 0 heterocycles. The van der Waals surface area contributed by atoms with E-state index in [0.717, 1.165) is 0 Å². The monoisotopic (exact) mass is 436 g/mol. The molecule has 112 valence electrons. The Bertz CT molecular complexity index is 67.1. The van der Waals surface area contributed by atoms with Crippen LogP contribution >= 0.6 is 0 Å². The van der Waals surface area contributed by atoms with Gasteiger partial charge < -0.3 is 41.9 Å². The Hall–Kier alpha value is 2.24. The molecular weight excluding hydrogens is 432 g/mol. The second-order valence-corrected chi connectivity index (χ2v) is 2.38. The molecule has 0 aliphatic heterocycles. The van der Waals surface area contributed by atoms with Crippen LogP contribution in [0, 0.1) is 43.1 Å². The molecule has 0 aliphatic carbocycles. The van der Waals surface area contributed by atoms with E-state index in [-0.39, 0.29) is 47.5 Å². The van der Waals surface area contributed by atoms with E-state index in [0.29, 0.717) is 0 Å². The van der Waals surface area contributed by atoms with E-state index < -0.39 is 43.1 Å². The van der Waals surface area contributed by atoms with Crippen molar-refractivity contribution in [2.75, 3.05) is 0 Å². The fraction of sp³-hybridized carbons (Fsp3) is 0. The van der Waals surface area contributed by atoms with Crippen molar-refractivity contribution in [2.24, 2.45) is 0 Å². The van der Waals surface area contributed by atoms with E-state index in [1.54, 1.807) is 0 Å². The standard InChI is InChI=1S/AsH3.3ClHO3.ClO3.Na/c;4*2-1(3)4;/h1H3;3*2H;;/q;;;;-1;+1. The molecule has 1 atom stereocenters. The molecule has 0 rings (SSSR count). The van der Waals surface area contributed by atoms with Crippen LogP contribution in [0.5, 0.6) is 0 Å². The van der Waals surface area contributed by atoms with Gasteiger partial charge in [0.25, 0.3) is 32.4 Å². The van der Waals surface area contributed by atoms with E-state index in [1.165, 1.54) is 0 Å². The smallest absolute Gasteiger partial charge is 0.357 e. The van der Waals surface area contributed by atoms with Crippen molar-refractivity contribution >= 4 is 18.0 Å². The molecule has 12 nitrogen and oxygen atoms in total. The number of rotatable bonds is 0.